The van der Waals surface area contributed by atoms with Gasteiger partial charge in [0.2, 0.25) is 11.8 Å². The smallest absolute Gasteiger partial charge is 0.236 e. The molecule has 1 atom stereocenters. The Morgan fingerprint density at radius 3 is 2.33 bits per heavy atom. The van der Waals surface area contributed by atoms with E-state index in [4.69, 9.17) is 0 Å². The third kappa shape index (κ3) is 4.43. The van der Waals surface area contributed by atoms with Crippen LogP contribution in [0.4, 0.5) is 0 Å². The Kier molecular flexibility index (Phi) is 6.03. The molecule has 1 unspecified atom stereocenters. The van der Waals surface area contributed by atoms with Crippen molar-refractivity contribution in [2.75, 3.05) is 39.3 Å². The van der Waals surface area contributed by atoms with Gasteiger partial charge in [-0.15, -0.1) is 0 Å². The van der Waals surface area contributed by atoms with Crippen molar-refractivity contribution < 1.29 is 9.59 Å². The Morgan fingerprint density at radius 1 is 1.00 bits per heavy atom. The quantitative estimate of drug-likeness (QED) is 0.786. The van der Waals surface area contributed by atoms with Crippen LogP contribution in [0.15, 0.2) is 0 Å². The highest BCUT2D eigenvalue weighted by Crippen LogP contribution is 2.17. The summed E-state index contributed by atoms with van der Waals surface area (Å²) in [5.41, 5.74) is 0. The average molecular weight is 295 g/mol. The van der Waals surface area contributed by atoms with Gasteiger partial charge >= 0.3 is 0 Å². The molecule has 0 spiro atoms. The molecule has 0 aromatic heterocycles. The number of nitrogens with zero attached hydrogens (tertiary/aromatic N) is 3. The second-order valence-electron chi connectivity index (χ2n) is 6.34. The largest absolute Gasteiger partial charge is 0.340 e. The molecular weight excluding hydrogens is 266 g/mol. The maximum absolute atomic E-state index is 12.4. The van der Waals surface area contributed by atoms with E-state index in [2.05, 4.69) is 11.8 Å². The number of carbonyl (C=O) groups excluding carboxylic acids is 2. The van der Waals surface area contributed by atoms with Crippen molar-refractivity contribution in [2.45, 2.75) is 52.0 Å². The first-order valence-electron chi connectivity index (χ1n) is 8.41. The van der Waals surface area contributed by atoms with E-state index >= 15 is 0 Å². The second kappa shape index (κ2) is 7.78. The summed E-state index contributed by atoms with van der Waals surface area (Å²) < 4.78 is 0. The van der Waals surface area contributed by atoms with Crippen molar-refractivity contribution in [3.8, 4) is 0 Å². The Morgan fingerprint density at radius 2 is 1.71 bits per heavy atom. The van der Waals surface area contributed by atoms with E-state index in [0.29, 0.717) is 19.0 Å². The predicted molar refractivity (Wildman–Crippen MR) is 83.0 cm³/mol. The van der Waals surface area contributed by atoms with Gasteiger partial charge in [-0.05, 0) is 32.6 Å². The van der Waals surface area contributed by atoms with Gasteiger partial charge < -0.3 is 9.80 Å². The molecule has 0 radical (unpaired) electrons. The van der Waals surface area contributed by atoms with Gasteiger partial charge in [-0.3, -0.25) is 14.5 Å². The van der Waals surface area contributed by atoms with Crippen LogP contribution < -0.4 is 0 Å². The molecule has 2 heterocycles. The van der Waals surface area contributed by atoms with E-state index in [-0.39, 0.29) is 11.8 Å². The highest BCUT2D eigenvalue weighted by atomic mass is 16.2. The molecule has 0 aliphatic carbocycles. The van der Waals surface area contributed by atoms with Gasteiger partial charge in [0.25, 0.3) is 0 Å². The Balaban J connectivity index is 1.75. The molecular formula is C16H29N3O2. The first kappa shape index (κ1) is 16.3. The number of piperidine rings is 1. The fraction of sp³-hybridized carbons (Fsp3) is 0.875. The SMILES string of the molecule is CCCC(=O)N1CCN(CC(=O)N2CCCCC2C)CC1. The summed E-state index contributed by atoms with van der Waals surface area (Å²) in [5.74, 6) is 0.517. The summed E-state index contributed by atoms with van der Waals surface area (Å²) in [4.78, 5) is 30.4. The molecule has 2 fully saturated rings. The van der Waals surface area contributed by atoms with Gasteiger partial charge in [0, 0.05) is 45.2 Å². The minimum absolute atomic E-state index is 0.258. The van der Waals surface area contributed by atoms with Crippen molar-refractivity contribution in [1.82, 2.24) is 14.7 Å². The molecule has 5 nitrogen and oxygen atoms in total. The molecule has 2 aliphatic heterocycles. The number of piperazine rings is 1. The van der Waals surface area contributed by atoms with Crippen LogP contribution in [-0.4, -0.2) is 71.8 Å². The van der Waals surface area contributed by atoms with E-state index in [1.807, 2.05) is 16.7 Å². The van der Waals surface area contributed by atoms with Crippen molar-refractivity contribution in [2.24, 2.45) is 0 Å². The minimum atomic E-state index is 0.258. The summed E-state index contributed by atoms with van der Waals surface area (Å²) in [7, 11) is 0. The highest BCUT2D eigenvalue weighted by molar-refractivity contribution is 5.79. The first-order chi connectivity index (χ1) is 10.1. The van der Waals surface area contributed by atoms with E-state index in [1.54, 1.807) is 0 Å². The lowest BCUT2D eigenvalue weighted by Gasteiger charge is -2.38. The van der Waals surface area contributed by atoms with Crippen LogP contribution in [0, 0.1) is 0 Å². The molecule has 0 bridgehead atoms. The number of carbonyl (C=O) groups is 2. The fourth-order valence-corrected chi connectivity index (χ4v) is 3.28. The molecule has 120 valence electrons. The lowest BCUT2D eigenvalue weighted by Crippen LogP contribution is -2.53. The summed E-state index contributed by atoms with van der Waals surface area (Å²) in [6, 6.07) is 0.388. The van der Waals surface area contributed by atoms with Crippen molar-refractivity contribution in [3.63, 3.8) is 0 Å². The van der Waals surface area contributed by atoms with E-state index in [1.165, 1.54) is 6.42 Å². The molecule has 0 N–H and O–H groups in total. The minimum Gasteiger partial charge on any atom is -0.340 e. The van der Waals surface area contributed by atoms with Crippen molar-refractivity contribution in [3.05, 3.63) is 0 Å². The number of hydrogen-bond acceptors (Lipinski definition) is 3. The zero-order valence-corrected chi connectivity index (χ0v) is 13.5. The third-order valence-electron chi connectivity index (χ3n) is 4.67. The zero-order valence-electron chi connectivity index (χ0n) is 13.5. The van der Waals surface area contributed by atoms with Crippen molar-refractivity contribution >= 4 is 11.8 Å². The summed E-state index contributed by atoms with van der Waals surface area (Å²) in [6.45, 7) is 8.79. The molecule has 5 heteroatoms. The molecule has 0 aromatic carbocycles. The lowest BCUT2D eigenvalue weighted by atomic mass is 10.0. The monoisotopic (exact) mass is 295 g/mol. The third-order valence-corrected chi connectivity index (χ3v) is 4.67. The molecule has 21 heavy (non-hydrogen) atoms. The van der Waals surface area contributed by atoms with Crippen molar-refractivity contribution in [1.29, 1.82) is 0 Å². The zero-order chi connectivity index (χ0) is 15.2. The number of rotatable bonds is 4. The maximum Gasteiger partial charge on any atom is 0.236 e. The summed E-state index contributed by atoms with van der Waals surface area (Å²) in [5, 5.41) is 0. The Hall–Kier alpha value is -1.10. The first-order valence-corrected chi connectivity index (χ1v) is 8.41. The van der Waals surface area contributed by atoms with Gasteiger partial charge in [0.15, 0.2) is 0 Å². The van der Waals surface area contributed by atoms with Crippen LogP contribution in [-0.2, 0) is 9.59 Å². The fourth-order valence-electron chi connectivity index (χ4n) is 3.28. The molecule has 0 saturated carbocycles. The molecule has 2 aliphatic rings. The van der Waals surface area contributed by atoms with Crippen LogP contribution in [0.2, 0.25) is 0 Å². The second-order valence-corrected chi connectivity index (χ2v) is 6.34. The average Bonchev–Trinajstić information content (AvgIpc) is 2.48. The summed E-state index contributed by atoms with van der Waals surface area (Å²) >= 11 is 0. The van der Waals surface area contributed by atoms with E-state index < -0.39 is 0 Å². The van der Waals surface area contributed by atoms with Crippen LogP contribution in [0.1, 0.15) is 46.0 Å². The number of amides is 2. The maximum atomic E-state index is 12.4. The lowest BCUT2D eigenvalue weighted by molar-refractivity contribution is -0.137. The van der Waals surface area contributed by atoms with Gasteiger partial charge in [-0.2, -0.15) is 0 Å². The highest BCUT2D eigenvalue weighted by Gasteiger charge is 2.27. The predicted octanol–water partition coefficient (Wildman–Crippen LogP) is 1.33. The van der Waals surface area contributed by atoms with E-state index in [0.717, 1.165) is 52.0 Å². The number of hydrogen-bond donors (Lipinski definition) is 0. The number of likely N-dealkylation sites (tertiary alicyclic amines) is 1. The van der Waals surface area contributed by atoms with Gasteiger partial charge in [0.1, 0.15) is 0 Å². The molecule has 2 rings (SSSR count). The Labute approximate surface area is 128 Å². The summed E-state index contributed by atoms with van der Waals surface area (Å²) in [6.07, 6.45) is 5.05. The molecule has 2 amide bonds. The molecule has 0 aromatic rings. The normalized spacial score (nSPS) is 24.2. The van der Waals surface area contributed by atoms with Gasteiger partial charge in [-0.1, -0.05) is 6.92 Å². The molecule has 2 saturated heterocycles. The van der Waals surface area contributed by atoms with Crippen LogP contribution in [0.3, 0.4) is 0 Å². The standard InChI is InChI=1S/C16H29N3O2/c1-3-6-15(20)18-11-9-17(10-12-18)13-16(21)19-8-5-4-7-14(19)2/h14H,3-13H2,1-2H3. The van der Waals surface area contributed by atoms with Crippen LogP contribution >= 0.6 is 0 Å². The van der Waals surface area contributed by atoms with Crippen LogP contribution in [0.5, 0.6) is 0 Å². The topological polar surface area (TPSA) is 43.9 Å². The van der Waals surface area contributed by atoms with E-state index in [9.17, 15) is 9.59 Å². The Bertz CT molecular complexity index is 365. The van der Waals surface area contributed by atoms with Gasteiger partial charge in [0.05, 0.1) is 6.54 Å². The van der Waals surface area contributed by atoms with Crippen LogP contribution in [0.25, 0.3) is 0 Å². The van der Waals surface area contributed by atoms with Gasteiger partial charge in [-0.25, -0.2) is 0 Å².